The van der Waals surface area contributed by atoms with Crippen LogP contribution in [0.4, 0.5) is 0 Å². The molecule has 2 heterocycles. The molecule has 1 aliphatic carbocycles. The normalized spacial score (nSPS) is 20.8. The van der Waals surface area contributed by atoms with Crippen molar-refractivity contribution in [3.8, 4) is 0 Å². The molecule has 0 unspecified atom stereocenters. The van der Waals surface area contributed by atoms with E-state index in [1.807, 2.05) is 20.8 Å². The Hall–Kier alpha value is -2.35. The molecule has 1 fully saturated rings. The number of esters is 1. The average molecular weight is 453 g/mol. The summed E-state index contributed by atoms with van der Waals surface area (Å²) in [6.07, 6.45) is 4.39. The Bertz CT molecular complexity index is 906. The molecule has 0 saturated heterocycles. The number of hydrogen-bond acceptors (Lipinski definition) is 5. The van der Waals surface area contributed by atoms with Crippen LogP contribution in [0.1, 0.15) is 85.8 Å². The summed E-state index contributed by atoms with van der Waals surface area (Å²) in [6.45, 7) is 5.97. The Morgan fingerprint density at radius 1 is 1.16 bits per heavy atom. The van der Waals surface area contributed by atoms with Crippen LogP contribution in [0.3, 0.4) is 0 Å². The van der Waals surface area contributed by atoms with Gasteiger partial charge in [-0.15, -0.1) is 0 Å². The Kier molecular flexibility index (Phi) is 6.79. The van der Waals surface area contributed by atoms with Crippen molar-refractivity contribution in [2.75, 3.05) is 0 Å². The summed E-state index contributed by atoms with van der Waals surface area (Å²) in [5.41, 5.74) is -0.138. The molecule has 1 aromatic rings. The number of nitrogens with zero attached hydrogens (tertiary/aromatic N) is 1. The predicted molar refractivity (Wildman–Crippen MR) is 113 cm³/mol. The van der Waals surface area contributed by atoms with Crippen molar-refractivity contribution in [2.24, 2.45) is 5.92 Å². The lowest BCUT2D eigenvalue weighted by atomic mass is 9.84. The molecule has 1 saturated carbocycles. The SMILES string of the molecule is CC(C)(C)OC(=O)C[C@H]1CC[C@@H](NC(=O)C(=O)c2c(Cl)c(C(=O)O)c3n2CCC3)CC1. The van der Waals surface area contributed by atoms with Crippen LogP contribution in [0.25, 0.3) is 0 Å². The molecule has 2 aliphatic rings. The first-order chi connectivity index (χ1) is 14.5. The number of aromatic nitrogens is 1. The van der Waals surface area contributed by atoms with Crippen molar-refractivity contribution in [2.45, 2.75) is 83.9 Å². The van der Waals surface area contributed by atoms with E-state index in [0.29, 0.717) is 44.3 Å². The number of carbonyl (C=O) groups excluding carboxylic acids is 3. The van der Waals surface area contributed by atoms with Crippen LogP contribution >= 0.6 is 11.6 Å². The van der Waals surface area contributed by atoms with Gasteiger partial charge in [-0.05, 0) is 65.2 Å². The fourth-order valence-corrected chi connectivity index (χ4v) is 4.85. The molecule has 8 nitrogen and oxygen atoms in total. The van der Waals surface area contributed by atoms with Crippen molar-refractivity contribution < 1.29 is 29.0 Å². The van der Waals surface area contributed by atoms with Crippen LogP contribution in [-0.4, -0.2) is 44.9 Å². The second-order valence-corrected chi connectivity index (χ2v) is 9.73. The van der Waals surface area contributed by atoms with Gasteiger partial charge in [-0.3, -0.25) is 14.4 Å². The van der Waals surface area contributed by atoms with E-state index >= 15 is 0 Å². The van der Waals surface area contributed by atoms with Crippen molar-refractivity contribution in [1.82, 2.24) is 9.88 Å². The highest BCUT2D eigenvalue weighted by atomic mass is 35.5. The van der Waals surface area contributed by atoms with Gasteiger partial charge in [0, 0.05) is 24.7 Å². The summed E-state index contributed by atoms with van der Waals surface area (Å²) in [7, 11) is 0. The molecule has 1 aliphatic heterocycles. The maximum Gasteiger partial charge on any atom is 0.339 e. The summed E-state index contributed by atoms with van der Waals surface area (Å²) in [4.78, 5) is 49.0. The number of hydrogen-bond donors (Lipinski definition) is 2. The standard InChI is InChI=1S/C22H29ClN2O6/c1-22(2,3)31-15(26)11-12-6-8-13(9-7-12)24-20(28)19(27)18-17(23)16(21(29)30)14-5-4-10-25(14)18/h12-13H,4-11H2,1-3H3,(H,24,28)(H,29,30)/t12-,13+. The molecule has 1 amide bonds. The van der Waals surface area contributed by atoms with Gasteiger partial charge >= 0.3 is 11.9 Å². The van der Waals surface area contributed by atoms with Crippen LogP contribution in [0.2, 0.25) is 5.02 Å². The Morgan fingerprint density at radius 2 is 1.81 bits per heavy atom. The van der Waals surface area contributed by atoms with Gasteiger partial charge in [0.1, 0.15) is 11.3 Å². The molecule has 0 radical (unpaired) electrons. The summed E-state index contributed by atoms with van der Waals surface area (Å²) in [6, 6.07) is -0.169. The highest BCUT2D eigenvalue weighted by Gasteiger charge is 2.35. The van der Waals surface area contributed by atoms with Gasteiger partial charge in [0.05, 0.1) is 10.6 Å². The van der Waals surface area contributed by atoms with Crippen LogP contribution in [0.5, 0.6) is 0 Å². The zero-order valence-electron chi connectivity index (χ0n) is 18.1. The topological polar surface area (TPSA) is 115 Å². The molecule has 2 N–H and O–H groups in total. The van der Waals surface area contributed by atoms with Crippen LogP contribution in [0.15, 0.2) is 0 Å². The number of amides is 1. The molecular weight excluding hydrogens is 424 g/mol. The fraction of sp³-hybridized carbons (Fsp3) is 0.636. The fourth-order valence-electron chi connectivity index (χ4n) is 4.47. The van der Waals surface area contributed by atoms with Gasteiger partial charge in [-0.2, -0.15) is 0 Å². The van der Waals surface area contributed by atoms with E-state index in [9.17, 15) is 24.3 Å². The van der Waals surface area contributed by atoms with E-state index in [4.69, 9.17) is 16.3 Å². The van der Waals surface area contributed by atoms with Gasteiger partial charge in [0.2, 0.25) is 0 Å². The Labute approximate surface area is 186 Å². The van der Waals surface area contributed by atoms with E-state index in [-0.39, 0.29) is 34.2 Å². The monoisotopic (exact) mass is 452 g/mol. The van der Waals surface area contributed by atoms with Crippen LogP contribution < -0.4 is 5.32 Å². The molecule has 0 bridgehead atoms. The number of halogens is 1. The molecule has 1 aromatic heterocycles. The second-order valence-electron chi connectivity index (χ2n) is 9.36. The van der Waals surface area contributed by atoms with E-state index in [1.165, 1.54) is 0 Å². The highest BCUT2D eigenvalue weighted by Crippen LogP contribution is 2.34. The number of carbonyl (C=O) groups is 4. The molecule has 0 aromatic carbocycles. The number of ketones is 1. The molecule has 3 rings (SSSR count). The molecule has 170 valence electrons. The summed E-state index contributed by atoms with van der Waals surface area (Å²) in [5, 5.41) is 12.0. The van der Waals surface area contributed by atoms with Gasteiger partial charge in [0.15, 0.2) is 0 Å². The van der Waals surface area contributed by atoms with Gasteiger partial charge in [-0.25, -0.2) is 4.79 Å². The van der Waals surface area contributed by atoms with E-state index in [2.05, 4.69) is 5.32 Å². The summed E-state index contributed by atoms with van der Waals surface area (Å²) < 4.78 is 6.93. The number of Topliss-reactive ketones (excluding diaryl/α,β-unsaturated/α-hetero) is 1. The second kappa shape index (κ2) is 9.02. The zero-order valence-corrected chi connectivity index (χ0v) is 18.9. The lowest BCUT2D eigenvalue weighted by molar-refractivity contribution is -0.156. The number of carboxylic acid groups (broad SMARTS) is 1. The Balaban J connectivity index is 1.58. The highest BCUT2D eigenvalue weighted by molar-refractivity contribution is 6.47. The number of rotatable bonds is 6. The third-order valence-electron chi connectivity index (χ3n) is 5.80. The van der Waals surface area contributed by atoms with Crippen molar-refractivity contribution in [3.05, 3.63) is 22.0 Å². The third kappa shape index (κ3) is 5.29. The first-order valence-electron chi connectivity index (χ1n) is 10.7. The molecule has 9 heteroatoms. The first-order valence-corrected chi connectivity index (χ1v) is 11.1. The molecular formula is C22H29ClN2O6. The lowest BCUT2D eigenvalue weighted by Crippen LogP contribution is -2.42. The first kappa shape index (κ1) is 23.3. The minimum Gasteiger partial charge on any atom is -0.478 e. The van der Waals surface area contributed by atoms with Crippen LogP contribution in [0, 0.1) is 5.92 Å². The van der Waals surface area contributed by atoms with Gasteiger partial charge < -0.3 is 19.7 Å². The molecule has 0 spiro atoms. The van der Waals surface area contributed by atoms with E-state index in [1.54, 1.807) is 4.57 Å². The number of carboxylic acids is 1. The van der Waals surface area contributed by atoms with Gasteiger partial charge in [-0.1, -0.05) is 11.6 Å². The summed E-state index contributed by atoms with van der Waals surface area (Å²) in [5.74, 6) is -2.81. The number of aromatic carboxylic acids is 1. The average Bonchev–Trinajstić information content (AvgIpc) is 3.20. The minimum atomic E-state index is -1.20. The quantitative estimate of drug-likeness (QED) is 0.388. The molecule has 0 atom stereocenters. The maximum atomic E-state index is 12.8. The zero-order chi connectivity index (χ0) is 22.9. The number of ether oxygens (including phenoxy) is 1. The van der Waals surface area contributed by atoms with Gasteiger partial charge in [0.25, 0.3) is 11.7 Å². The largest absolute Gasteiger partial charge is 0.478 e. The van der Waals surface area contributed by atoms with Crippen molar-refractivity contribution in [1.29, 1.82) is 0 Å². The minimum absolute atomic E-state index is 0.0392. The predicted octanol–water partition coefficient (Wildman–Crippen LogP) is 3.38. The van der Waals surface area contributed by atoms with Crippen molar-refractivity contribution >= 4 is 35.2 Å². The van der Waals surface area contributed by atoms with Crippen LogP contribution in [-0.2, 0) is 27.3 Å². The Morgan fingerprint density at radius 3 is 2.39 bits per heavy atom. The summed E-state index contributed by atoms with van der Waals surface area (Å²) >= 11 is 6.19. The number of nitrogens with one attached hydrogen (secondary N) is 1. The third-order valence-corrected chi connectivity index (χ3v) is 6.17. The van der Waals surface area contributed by atoms with Crippen molar-refractivity contribution in [3.63, 3.8) is 0 Å². The lowest BCUT2D eigenvalue weighted by Gasteiger charge is -2.29. The smallest absolute Gasteiger partial charge is 0.339 e. The number of fused-ring (bicyclic) bond motifs is 1. The maximum absolute atomic E-state index is 12.8. The van der Waals surface area contributed by atoms with E-state index in [0.717, 1.165) is 12.8 Å². The molecule has 31 heavy (non-hydrogen) atoms. The van der Waals surface area contributed by atoms with E-state index < -0.39 is 23.3 Å².